The molecule has 2 N–H and O–H groups in total. The highest BCUT2D eigenvalue weighted by Gasteiger charge is 2.19. The van der Waals surface area contributed by atoms with Gasteiger partial charge in [0.2, 0.25) is 5.91 Å². The average Bonchev–Trinajstić information content (AvgIpc) is 3.06. The van der Waals surface area contributed by atoms with Gasteiger partial charge in [-0.25, -0.2) is 4.98 Å². The Morgan fingerprint density at radius 3 is 2.38 bits per heavy atom. The molecule has 2 heterocycles. The van der Waals surface area contributed by atoms with E-state index in [1.165, 1.54) is 0 Å². The van der Waals surface area contributed by atoms with Crippen molar-refractivity contribution in [3.63, 3.8) is 0 Å². The number of carbonyl (C=O) groups is 1. The summed E-state index contributed by atoms with van der Waals surface area (Å²) in [5, 5.41) is 1.65. The molecule has 0 atom stereocenters. The number of hydrogen-bond acceptors (Lipinski definition) is 4. The van der Waals surface area contributed by atoms with Crippen molar-refractivity contribution in [3.8, 4) is 22.8 Å². The van der Waals surface area contributed by atoms with Crippen LogP contribution in [0.15, 0.2) is 82.8 Å². The number of aromatic nitrogens is 3. The number of benzene rings is 2. The van der Waals surface area contributed by atoms with E-state index in [-0.39, 0.29) is 0 Å². The van der Waals surface area contributed by atoms with Gasteiger partial charge in [0.1, 0.15) is 16.4 Å². The van der Waals surface area contributed by atoms with E-state index < -0.39 is 5.91 Å². The fourth-order valence-electron chi connectivity index (χ4n) is 2.92. The number of primary amides is 1. The lowest BCUT2D eigenvalue weighted by Gasteiger charge is -2.08. The van der Waals surface area contributed by atoms with Crippen molar-refractivity contribution in [2.24, 2.45) is 12.8 Å². The molecule has 2 aromatic heterocycles. The van der Waals surface area contributed by atoms with Crippen LogP contribution in [0.4, 0.5) is 0 Å². The van der Waals surface area contributed by atoms with E-state index in [2.05, 4.69) is 4.98 Å². The Hall–Kier alpha value is -3.09. The first-order valence-electron chi connectivity index (χ1n) is 8.84. The molecular formula is C22H17ClN4OS. The summed E-state index contributed by atoms with van der Waals surface area (Å²) >= 11 is 7.62. The maximum atomic E-state index is 11.4. The molecule has 1 amide bonds. The Kier molecular flexibility index (Phi) is 5.38. The van der Waals surface area contributed by atoms with Gasteiger partial charge in [-0.2, -0.15) is 0 Å². The number of rotatable bonds is 5. The second-order valence-electron chi connectivity index (χ2n) is 6.36. The van der Waals surface area contributed by atoms with Crippen molar-refractivity contribution < 1.29 is 4.79 Å². The Balaban J connectivity index is 1.83. The second-order valence-corrected chi connectivity index (χ2v) is 7.86. The Morgan fingerprint density at radius 2 is 1.76 bits per heavy atom. The molecule has 5 nitrogen and oxygen atoms in total. The van der Waals surface area contributed by atoms with E-state index in [4.69, 9.17) is 22.3 Å². The molecule has 0 fully saturated rings. The quantitative estimate of drug-likeness (QED) is 0.490. The molecule has 0 bridgehead atoms. The van der Waals surface area contributed by atoms with Crippen LogP contribution in [-0.4, -0.2) is 20.4 Å². The fraction of sp³-hybridized carbons (Fsp3) is 0.0455. The predicted octanol–water partition coefficient (Wildman–Crippen LogP) is 5.05. The first-order valence-corrected chi connectivity index (χ1v) is 10.0. The summed E-state index contributed by atoms with van der Waals surface area (Å²) in [6, 6.07) is 20.5. The number of carbonyl (C=O) groups excluding carboxylic acids is 1. The zero-order chi connectivity index (χ0) is 20.4. The van der Waals surface area contributed by atoms with Gasteiger partial charge in [-0.3, -0.25) is 9.78 Å². The topological polar surface area (TPSA) is 73.8 Å². The highest BCUT2D eigenvalue weighted by atomic mass is 35.5. The van der Waals surface area contributed by atoms with Gasteiger partial charge < -0.3 is 10.3 Å². The molecule has 7 heteroatoms. The third kappa shape index (κ3) is 4.04. The molecule has 0 saturated carbocycles. The van der Waals surface area contributed by atoms with Gasteiger partial charge in [0, 0.05) is 34.3 Å². The number of hydrogen-bond donors (Lipinski definition) is 1. The van der Waals surface area contributed by atoms with Crippen LogP contribution in [0, 0.1) is 0 Å². The van der Waals surface area contributed by atoms with Gasteiger partial charge >= 0.3 is 0 Å². The van der Waals surface area contributed by atoms with E-state index >= 15 is 0 Å². The van der Waals surface area contributed by atoms with Crippen molar-refractivity contribution in [1.82, 2.24) is 14.5 Å². The Bertz CT molecular complexity index is 1160. The minimum atomic E-state index is -0.456. The smallest absolute Gasteiger partial charge is 0.248 e. The number of amides is 1. The SMILES string of the molecule is Cn1c(-c2ccccn2)nc(-c2ccc(C(N)=O)cc2)c1Sc1ccc(Cl)cc1. The summed E-state index contributed by atoms with van der Waals surface area (Å²) in [4.78, 5) is 21.8. The highest BCUT2D eigenvalue weighted by Crippen LogP contribution is 2.38. The molecule has 4 rings (SSSR count). The molecule has 29 heavy (non-hydrogen) atoms. The molecule has 0 saturated heterocycles. The predicted molar refractivity (Wildman–Crippen MR) is 116 cm³/mol. The van der Waals surface area contributed by atoms with Crippen LogP contribution in [-0.2, 0) is 7.05 Å². The minimum Gasteiger partial charge on any atom is -0.366 e. The molecule has 0 aliphatic rings. The van der Waals surface area contributed by atoms with Crippen molar-refractivity contribution in [2.45, 2.75) is 9.92 Å². The van der Waals surface area contributed by atoms with E-state index in [0.717, 1.165) is 32.7 Å². The second kappa shape index (κ2) is 8.11. The zero-order valence-electron chi connectivity index (χ0n) is 15.5. The number of nitrogens with two attached hydrogens (primary N) is 1. The normalized spacial score (nSPS) is 10.8. The van der Waals surface area contributed by atoms with E-state index in [0.29, 0.717) is 10.6 Å². The molecule has 0 aliphatic heterocycles. The molecule has 0 unspecified atom stereocenters. The van der Waals surface area contributed by atoms with Crippen LogP contribution < -0.4 is 5.73 Å². The molecule has 144 valence electrons. The summed E-state index contributed by atoms with van der Waals surface area (Å²) in [7, 11) is 1.97. The van der Waals surface area contributed by atoms with E-state index in [9.17, 15) is 4.79 Å². The van der Waals surface area contributed by atoms with Crippen LogP contribution in [0.5, 0.6) is 0 Å². The molecule has 0 aliphatic carbocycles. The third-order valence-corrected chi connectivity index (χ3v) is 5.83. The van der Waals surface area contributed by atoms with E-state index in [1.54, 1.807) is 30.1 Å². The van der Waals surface area contributed by atoms with Crippen LogP contribution in [0.25, 0.3) is 22.8 Å². The molecular weight excluding hydrogens is 404 g/mol. The first kappa shape index (κ1) is 19.2. The standard InChI is InChI=1S/C22H17ClN4OS/c1-27-21(18-4-2-3-13-25-18)26-19(14-5-7-15(8-6-14)20(24)28)22(27)29-17-11-9-16(23)10-12-17/h2-13H,1H3,(H2,24,28). The highest BCUT2D eigenvalue weighted by molar-refractivity contribution is 7.99. The van der Waals surface area contributed by atoms with Gasteiger partial charge in [0.15, 0.2) is 5.82 Å². The van der Waals surface area contributed by atoms with Crippen LogP contribution in [0.3, 0.4) is 0 Å². The van der Waals surface area contributed by atoms with Gasteiger partial charge in [-0.05, 0) is 48.5 Å². The van der Waals surface area contributed by atoms with Crippen LogP contribution in [0.2, 0.25) is 5.02 Å². The largest absolute Gasteiger partial charge is 0.366 e. The van der Waals surface area contributed by atoms with Crippen molar-refractivity contribution in [1.29, 1.82) is 0 Å². The summed E-state index contributed by atoms with van der Waals surface area (Å²) in [5.41, 5.74) is 8.32. The molecule has 0 radical (unpaired) electrons. The van der Waals surface area contributed by atoms with Gasteiger partial charge in [-0.1, -0.05) is 41.6 Å². The minimum absolute atomic E-state index is 0.456. The van der Waals surface area contributed by atoms with Gasteiger partial charge in [0.25, 0.3) is 0 Å². The van der Waals surface area contributed by atoms with Crippen molar-refractivity contribution >= 4 is 29.3 Å². The van der Waals surface area contributed by atoms with Gasteiger partial charge in [0.05, 0.1) is 0 Å². The van der Waals surface area contributed by atoms with Crippen LogP contribution in [0.1, 0.15) is 10.4 Å². The average molecular weight is 421 g/mol. The summed E-state index contributed by atoms with van der Waals surface area (Å²) in [6.45, 7) is 0. The lowest BCUT2D eigenvalue weighted by Crippen LogP contribution is -2.10. The van der Waals surface area contributed by atoms with E-state index in [1.807, 2.05) is 66.2 Å². The maximum Gasteiger partial charge on any atom is 0.248 e. The maximum absolute atomic E-state index is 11.4. The fourth-order valence-corrected chi connectivity index (χ4v) is 4.02. The number of imidazole rings is 1. The number of pyridine rings is 1. The molecule has 4 aromatic rings. The lowest BCUT2D eigenvalue weighted by atomic mass is 10.1. The monoisotopic (exact) mass is 420 g/mol. The summed E-state index contributed by atoms with van der Waals surface area (Å²) in [6.07, 6.45) is 1.75. The Labute approximate surface area is 177 Å². The van der Waals surface area contributed by atoms with Crippen LogP contribution >= 0.6 is 23.4 Å². The number of halogens is 1. The molecule has 0 spiro atoms. The third-order valence-electron chi connectivity index (χ3n) is 4.41. The lowest BCUT2D eigenvalue weighted by molar-refractivity contribution is 0.100. The zero-order valence-corrected chi connectivity index (χ0v) is 17.1. The first-order chi connectivity index (χ1) is 14.0. The van der Waals surface area contributed by atoms with Crippen molar-refractivity contribution in [3.05, 3.63) is 83.5 Å². The van der Waals surface area contributed by atoms with Gasteiger partial charge in [-0.15, -0.1) is 0 Å². The van der Waals surface area contributed by atoms with Crippen molar-refractivity contribution in [2.75, 3.05) is 0 Å². The Morgan fingerprint density at radius 1 is 1.03 bits per heavy atom. The molecule has 2 aromatic carbocycles. The summed E-state index contributed by atoms with van der Waals surface area (Å²) < 4.78 is 2.03. The summed E-state index contributed by atoms with van der Waals surface area (Å²) in [5.74, 6) is 0.304. The number of nitrogens with zero attached hydrogens (tertiary/aromatic N) is 3.